The smallest absolute Gasteiger partial charge is 0.463 e. The average Bonchev–Trinajstić information content (AvgIpc) is 2.93. The number of hydrogen-bond donors (Lipinski definition) is 3. The number of rotatable bonds is 28. The molecule has 0 aliphatic rings. The Labute approximate surface area is 242 Å². The molecule has 3 N–H and O–H groups in total. The fourth-order valence-corrected chi connectivity index (χ4v) is 4.52. The minimum Gasteiger partial charge on any atom is -0.463 e. The standard InChI is InChI=1S/C30H56NO8P/c1-3-5-7-9-10-11-12-13-14-15-16-17-18-19-20-22-29(33)31-24-25-38-40(35,36)39-27-28(32)26-37-30(34)23-21-8-6-4-2/h10-11,13-14,28,32H,3-9,12,15-27H2,1-2H3,(H,31,33)(H,35,36)/b11-10-,14-13-. The topological polar surface area (TPSA) is 131 Å². The molecule has 9 nitrogen and oxygen atoms in total. The number of aliphatic hydroxyl groups is 1. The highest BCUT2D eigenvalue weighted by molar-refractivity contribution is 7.47. The molecular formula is C30H56NO8P. The molecule has 40 heavy (non-hydrogen) atoms. The zero-order valence-electron chi connectivity index (χ0n) is 25.0. The third-order valence-electron chi connectivity index (χ3n) is 6.13. The molecule has 0 radical (unpaired) electrons. The molecule has 0 aromatic rings. The number of carbonyl (C=O) groups excluding carboxylic acids is 2. The van der Waals surface area contributed by atoms with Crippen LogP contribution in [0.3, 0.4) is 0 Å². The maximum atomic E-state index is 11.9. The summed E-state index contributed by atoms with van der Waals surface area (Å²) in [6.07, 6.45) is 24.5. The van der Waals surface area contributed by atoms with E-state index in [0.29, 0.717) is 6.42 Å². The van der Waals surface area contributed by atoms with Crippen molar-refractivity contribution >= 4 is 19.7 Å². The van der Waals surface area contributed by atoms with E-state index in [1.165, 1.54) is 25.7 Å². The van der Waals surface area contributed by atoms with E-state index in [1.54, 1.807) is 0 Å². The average molecular weight is 590 g/mol. The molecule has 0 bridgehead atoms. The minimum absolute atomic E-state index is 0.0746. The molecule has 234 valence electrons. The monoisotopic (exact) mass is 589 g/mol. The molecule has 0 rings (SSSR count). The van der Waals surface area contributed by atoms with Gasteiger partial charge in [0.05, 0.1) is 13.2 Å². The number of esters is 1. The van der Waals surface area contributed by atoms with Crippen molar-refractivity contribution in [1.29, 1.82) is 0 Å². The number of carbonyl (C=O) groups is 2. The Morgan fingerprint density at radius 3 is 2.05 bits per heavy atom. The second-order valence-corrected chi connectivity index (χ2v) is 11.5. The zero-order valence-corrected chi connectivity index (χ0v) is 25.9. The third kappa shape index (κ3) is 28.0. The Hall–Kier alpha value is -1.51. The van der Waals surface area contributed by atoms with Crippen molar-refractivity contribution in [3.05, 3.63) is 24.3 Å². The van der Waals surface area contributed by atoms with Crippen LogP contribution in [-0.4, -0.2) is 54.3 Å². The Balaban J connectivity index is 3.66. The van der Waals surface area contributed by atoms with E-state index in [9.17, 15) is 24.2 Å². The number of phosphoric acid groups is 1. The molecule has 0 spiro atoms. The number of phosphoric ester groups is 1. The Morgan fingerprint density at radius 2 is 1.35 bits per heavy atom. The summed E-state index contributed by atoms with van der Waals surface area (Å²) in [6.45, 7) is 3.33. The highest BCUT2D eigenvalue weighted by Gasteiger charge is 2.23. The molecule has 0 heterocycles. The molecule has 10 heteroatoms. The van der Waals surface area contributed by atoms with Crippen molar-refractivity contribution in [3.63, 3.8) is 0 Å². The quantitative estimate of drug-likeness (QED) is 0.0388. The summed E-state index contributed by atoms with van der Waals surface area (Å²) in [7, 11) is -4.39. The summed E-state index contributed by atoms with van der Waals surface area (Å²) in [5.74, 6) is -0.552. The maximum absolute atomic E-state index is 11.9. The van der Waals surface area contributed by atoms with Crippen LogP contribution in [0.5, 0.6) is 0 Å². The van der Waals surface area contributed by atoms with Crippen LogP contribution in [0.2, 0.25) is 0 Å². The van der Waals surface area contributed by atoms with Gasteiger partial charge in [0.25, 0.3) is 0 Å². The van der Waals surface area contributed by atoms with Gasteiger partial charge in [0, 0.05) is 19.4 Å². The molecule has 0 aliphatic carbocycles. The van der Waals surface area contributed by atoms with Gasteiger partial charge in [-0.15, -0.1) is 0 Å². The van der Waals surface area contributed by atoms with Crippen LogP contribution in [0.25, 0.3) is 0 Å². The summed E-state index contributed by atoms with van der Waals surface area (Å²) in [6, 6.07) is 0. The number of aliphatic hydroxyl groups excluding tert-OH is 1. The Kier molecular flexibility index (Phi) is 26.6. The first kappa shape index (κ1) is 38.5. The summed E-state index contributed by atoms with van der Waals surface area (Å²) < 4.78 is 26.4. The van der Waals surface area contributed by atoms with Gasteiger partial charge in [-0.25, -0.2) is 4.57 Å². The first-order chi connectivity index (χ1) is 19.3. The summed E-state index contributed by atoms with van der Waals surface area (Å²) in [5.41, 5.74) is 0. The van der Waals surface area contributed by atoms with Crippen LogP contribution in [0, 0.1) is 0 Å². The fourth-order valence-electron chi connectivity index (χ4n) is 3.76. The summed E-state index contributed by atoms with van der Waals surface area (Å²) >= 11 is 0. The molecule has 0 saturated carbocycles. The number of unbranched alkanes of at least 4 members (excludes halogenated alkanes) is 11. The van der Waals surface area contributed by atoms with E-state index in [0.717, 1.165) is 70.6 Å². The van der Waals surface area contributed by atoms with Crippen LogP contribution < -0.4 is 5.32 Å². The van der Waals surface area contributed by atoms with E-state index >= 15 is 0 Å². The second kappa shape index (κ2) is 27.6. The van der Waals surface area contributed by atoms with E-state index in [1.807, 2.05) is 0 Å². The van der Waals surface area contributed by atoms with Crippen LogP contribution in [-0.2, 0) is 27.9 Å². The summed E-state index contributed by atoms with van der Waals surface area (Å²) in [5, 5.41) is 12.4. The largest absolute Gasteiger partial charge is 0.472 e. The molecule has 0 aliphatic heterocycles. The molecule has 0 aromatic heterocycles. The molecule has 0 fully saturated rings. The first-order valence-corrected chi connectivity index (χ1v) is 16.8. The van der Waals surface area contributed by atoms with Gasteiger partial charge in [0.15, 0.2) is 0 Å². The SMILES string of the molecule is CCCCC/C=C\C/C=C\CCCCCCCC(=O)NCCOP(=O)(O)OCC(O)COC(=O)CCCCCC. The Bertz CT molecular complexity index is 728. The Morgan fingerprint density at radius 1 is 0.775 bits per heavy atom. The lowest BCUT2D eigenvalue weighted by Crippen LogP contribution is -2.27. The van der Waals surface area contributed by atoms with Crippen LogP contribution in [0.4, 0.5) is 0 Å². The van der Waals surface area contributed by atoms with Crippen molar-refractivity contribution in [2.45, 2.75) is 129 Å². The van der Waals surface area contributed by atoms with Gasteiger partial charge in [0.2, 0.25) is 5.91 Å². The van der Waals surface area contributed by atoms with Crippen molar-refractivity contribution in [2.75, 3.05) is 26.4 Å². The molecule has 0 aromatic carbocycles. The van der Waals surface area contributed by atoms with Gasteiger partial charge < -0.3 is 20.1 Å². The van der Waals surface area contributed by atoms with Crippen LogP contribution in [0.15, 0.2) is 24.3 Å². The normalized spacial score (nSPS) is 14.0. The third-order valence-corrected chi connectivity index (χ3v) is 7.12. The highest BCUT2D eigenvalue weighted by atomic mass is 31.2. The van der Waals surface area contributed by atoms with Crippen LogP contribution >= 0.6 is 7.82 Å². The van der Waals surface area contributed by atoms with E-state index < -0.39 is 26.5 Å². The lowest BCUT2D eigenvalue weighted by molar-refractivity contribution is -0.147. The predicted molar refractivity (Wildman–Crippen MR) is 160 cm³/mol. The lowest BCUT2D eigenvalue weighted by Gasteiger charge is -2.15. The van der Waals surface area contributed by atoms with E-state index in [4.69, 9.17) is 13.8 Å². The van der Waals surface area contributed by atoms with Crippen molar-refractivity contribution < 1.29 is 37.9 Å². The lowest BCUT2D eigenvalue weighted by atomic mass is 10.1. The van der Waals surface area contributed by atoms with Gasteiger partial charge >= 0.3 is 13.8 Å². The zero-order chi connectivity index (χ0) is 29.7. The number of allylic oxidation sites excluding steroid dienone is 4. The van der Waals surface area contributed by atoms with Gasteiger partial charge in [-0.1, -0.05) is 89.5 Å². The molecular weight excluding hydrogens is 533 g/mol. The van der Waals surface area contributed by atoms with E-state index in [2.05, 4.69) is 43.5 Å². The van der Waals surface area contributed by atoms with Crippen molar-refractivity contribution in [2.24, 2.45) is 0 Å². The highest BCUT2D eigenvalue weighted by Crippen LogP contribution is 2.42. The molecule has 2 atom stereocenters. The number of amides is 1. The number of ether oxygens (including phenoxy) is 1. The minimum atomic E-state index is -4.39. The number of hydrogen-bond acceptors (Lipinski definition) is 7. The van der Waals surface area contributed by atoms with Gasteiger partial charge in [-0.3, -0.25) is 18.6 Å². The van der Waals surface area contributed by atoms with Gasteiger partial charge in [-0.05, 0) is 44.9 Å². The molecule has 0 saturated heterocycles. The number of nitrogens with one attached hydrogen (secondary N) is 1. The van der Waals surface area contributed by atoms with Gasteiger partial charge in [0.1, 0.15) is 12.7 Å². The van der Waals surface area contributed by atoms with E-state index in [-0.39, 0.29) is 32.1 Å². The predicted octanol–water partition coefficient (Wildman–Crippen LogP) is 6.92. The second-order valence-electron chi connectivity index (χ2n) is 10.1. The van der Waals surface area contributed by atoms with Crippen LogP contribution in [0.1, 0.15) is 123 Å². The van der Waals surface area contributed by atoms with Crippen molar-refractivity contribution in [1.82, 2.24) is 5.32 Å². The summed E-state index contributed by atoms with van der Waals surface area (Å²) in [4.78, 5) is 33.2. The maximum Gasteiger partial charge on any atom is 0.472 e. The first-order valence-electron chi connectivity index (χ1n) is 15.3. The van der Waals surface area contributed by atoms with Crippen molar-refractivity contribution in [3.8, 4) is 0 Å². The van der Waals surface area contributed by atoms with Gasteiger partial charge in [-0.2, -0.15) is 0 Å². The molecule has 2 unspecified atom stereocenters. The fraction of sp³-hybridized carbons (Fsp3) is 0.800. The molecule has 1 amide bonds.